The quantitative estimate of drug-likeness (QED) is 0.792. The normalized spacial score (nSPS) is 15.7. The van der Waals surface area contributed by atoms with Crippen LogP contribution in [-0.2, 0) is 0 Å². The number of benzene rings is 1. The molecule has 0 spiro atoms. The molecule has 0 radical (unpaired) electrons. The minimum absolute atomic E-state index is 0.350. The van der Waals surface area contributed by atoms with Crippen LogP contribution in [0.5, 0.6) is 17.4 Å². The third-order valence-electron chi connectivity index (χ3n) is 4.10. The van der Waals surface area contributed by atoms with Crippen molar-refractivity contribution < 1.29 is 9.47 Å². The van der Waals surface area contributed by atoms with Crippen molar-refractivity contribution in [3.63, 3.8) is 0 Å². The Hall–Kier alpha value is -2.63. The Morgan fingerprint density at radius 3 is 2.57 bits per heavy atom. The number of hydrogen-bond donors (Lipinski definition) is 1. The lowest BCUT2D eigenvalue weighted by Crippen LogP contribution is -2.19. The summed E-state index contributed by atoms with van der Waals surface area (Å²) >= 11 is 0. The highest BCUT2D eigenvalue weighted by Gasteiger charge is 2.15. The van der Waals surface area contributed by atoms with Crippen molar-refractivity contribution in [2.24, 2.45) is 0 Å². The Morgan fingerprint density at radius 2 is 1.74 bits per heavy atom. The first-order valence-electron chi connectivity index (χ1n) is 7.97. The molecule has 0 amide bonds. The van der Waals surface area contributed by atoms with Crippen LogP contribution >= 0.6 is 0 Å². The molecule has 2 aromatic heterocycles. The fourth-order valence-corrected chi connectivity index (χ4v) is 2.90. The predicted octanol–water partition coefficient (Wildman–Crippen LogP) is 3.86. The first-order chi connectivity index (χ1) is 11.4. The van der Waals surface area contributed by atoms with Crippen LogP contribution < -0.4 is 9.47 Å². The third kappa shape index (κ3) is 3.11. The molecule has 6 heteroatoms. The molecular formula is C17H18N4O2. The van der Waals surface area contributed by atoms with Crippen molar-refractivity contribution in [1.29, 1.82) is 0 Å². The summed E-state index contributed by atoms with van der Waals surface area (Å²) in [6.45, 7) is 0. The fourth-order valence-electron chi connectivity index (χ4n) is 2.90. The van der Waals surface area contributed by atoms with Gasteiger partial charge in [0.05, 0.1) is 12.3 Å². The number of nitrogens with zero attached hydrogens (tertiary/aromatic N) is 3. The molecule has 0 aliphatic heterocycles. The second-order valence-electron chi connectivity index (χ2n) is 5.76. The van der Waals surface area contributed by atoms with Crippen LogP contribution in [0.4, 0.5) is 0 Å². The Balaban J connectivity index is 1.46. The minimum atomic E-state index is 0.350. The number of H-pyrrole nitrogens is 1. The number of hydrogen-bond acceptors (Lipinski definition) is 5. The van der Waals surface area contributed by atoms with E-state index in [1.54, 1.807) is 6.20 Å². The monoisotopic (exact) mass is 310 g/mol. The lowest BCUT2D eigenvalue weighted by molar-refractivity contribution is 0.155. The third-order valence-corrected chi connectivity index (χ3v) is 4.10. The van der Waals surface area contributed by atoms with Crippen LogP contribution in [0.2, 0.25) is 0 Å². The van der Waals surface area contributed by atoms with Crippen LogP contribution in [-0.4, -0.2) is 26.3 Å². The molecule has 1 saturated carbocycles. The van der Waals surface area contributed by atoms with Crippen LogP contribution in [0, 0.1) is 0 Å². The first kappa shape index (κ1) is 14.0. The molecule has 1 N–H and O–H groups in total. The number of aromatic amines is 1. The highest BCUT2D eigenvalue weighted by molar-refractivity contribution is 5.79. The summed E-state index contributed by atoms with van der Waals surface area (Å²) in [6.07, 6.45) is 9.62. The van der Waals surface area contributed by atoms with Crippen LogP contribution in [0.15, 0.2) is 36.8 Å². The topological polar surface area (TPSA) is 72.9 Å². The number of fused-ring (bicyclic) bond motifs is 1. The molecule has 2 heterocycles. The summed E-state index contributed by atoms with van der Waals surface area (Å²) in [6, 6.07) is 7.67. The molecule has 23 heavy (non-hydrogen) atoms. The van der Waals surface area contributed by atoms with Gasteiger partial charge in [-0.1, -0.05) is 6.42 Å². The zero-order valence-corrected chi connectivity index (χ0v) is 12.7. The summed E-state index contributed by atoms with van der Waals surface area (Å²) < 4.78 is 11.9. The fraction of sp³-hybridized carbons (Fsp3) is 0.353. The maximum Gasteiger partial charge on any atom is 0.233 e. The first-order valence-corrected chi connectivity index (χ1v) is 7.97. The van der Waals surface area contributed by atoms with Crippen molar-refractivity contribution >= 4 is 11.0 Å². The van der Waals surface area contributed by atoms with E-state index in [2.05, 4.69) is 20.2 Å². The van der Waals surface area contributed by atoms with Gasteiger partial charge in [-0.05, 0) is 49.9 Å². The van der Waals surface area contributed by atoms with E-state index in [-0.39, 0.29) is 0 Å². The standard InChI is InChI=1S/C17H18N4O2/c1-2-4-12(5-3-1)22-13-6-8-14(9-7-13)23-17-15-10-20-21-16(15)18-11-19-17/h6-12H,1-5H2,(H,18,19,20,21). The molecule has 4 rings (SSSR count). The lowest BCUT2D eigenvalue weighted by atomic mass is 9.98. The summed E-state index contributed by atoms with van der Waals surface area (Å²) in [5.41, 5.74) is 0.659. The second kappa shape index (κ2) is 6.24. The van der Waals surface area contributed by atoms with Gasteiger partial charge in [0.15, 0.2) is 5.65 Å². The smallest absolute Gasteiger partial charge is 0.233 e. The largest absolute Gasteiger partial charge is 0.490 e. The molecule has 1 fully saturated rings. The van der Waals surface area contributed by atoms with Gasteiger partial charge in [-0.2, -0.15) is 5.10 Å². The van der Waals surface area contributed by atoms with Crippen LogP contribution in [0.25, 0.3) is 11.0 Å². The van der Waals surface area contributed by atoms with E-state index in [0.717, 1.165) is 24.0 Å². The average Bonchev–Trinajstić information content (AvgIpc) is 3.07. The molecule has 118 valence electrons. The Kier molecular flexibility index (Phi) is 3.80. The van der Waals surface area contributed by atoms with Crippen molar-refractivity contribution in [3.05, 3.63) is 36.8 Å². The molecule has 0 unspecified atom stereocenters. The molecule has 0 saturated heterocycles. The highest BCUT2D eigenvalue weighted by atomic mass is 16.5. The maximum atomic E-state index is 6.02. The van der Waals surface area contributed by atoms with E-state index in [0.29, 0.717) is 23.4 Å². The van der Waals surface area contributed by atoms with E-state index < -0.39 is 0 Å². The van der Waals surface area contributed by atoms with Gasteiger partial charge in [0.25, 0.3) is 0 Å². The van der Waals surface area contributed by atoms with Gasteiger partial charge in [0, 0.05) is 0 Å². The van der Waals surface area contributed by atoms with Gasteiger partial charge in [-0.15, -0.1) is 0 Å². The zero-order chi connectivity index (χ0) is 15.5. The Morgan fingerprint density at radius 1 is 0.957 bits per heavy atom. The van der Waals surface area contributed by atoms with E-state index in [4.69, 9.17) is 9.47 Å². The summed E-state index contributed by atoms with van der Waals surface area (Å²) in [5, 5.41) is 7.51. The molecule has 0 atom stereocenters. The molecule has 3 aromatic rings. The van der Waals surface area contributed by atoms with E-state index in [1.165, 1.54) is 25.6 Å². The number of rotatable bonds is 4. The van der Waals surface area contributed by atoms with E-state index in [1.807, 2.05) is 24.3 Å². The number of ether oxygens (including phenoxy) is 2. The predicted molar refractivity (Wildman–Crippen MR) is 85.7 cm³/mol. The van der Waals surface area contributed by atoms with Crippen molar-refractivity contribution in [2.45, 2.75) is 38.2 Å². The molecule has 1 aliphatic rings. The SMILES string of the molecule is c1nc(Oc2ccc(OC3CCCCC3)cc2)c2cn[nH]c2n1. The molecule has 1 aliphatic carbocycles. The Labute approximate surface area is 133 Å². The molecule has 0 bridgehead atoms. The Bertz CT molecular complexity index is 779. The molecule has 6 nitrogen and oxygen atoms in total. The van der Waals surface area contributed by atoms with Crippen LogP contribution in [0.3, 0.4) is 0 Å². The van der Waals surface area contributed by atoms with Gasteiger partial charge < -0.3 is 9.47 Å². The summed E-state index contributed by atoms with van der Waals surface area (Å²) in [7, 11) is 0. The van der Waals surface area contributed by atoms with Crippen molar-refractivity contribution in [2.75, 3.05) is 0 Å². The number of nitrogens with one attached hydrogen (secondary N) is 1. The molecular weight excluding hydrogens is 292 g/mol. The lowest BCUT2D eigenvalue weighted by Gasteiger charge is -2.23. The second-order valence-corrected chi connectivity index (χ2v) is 5.76. The van der Waals surface area contributed by atoms with Crippen molar-refractivity contribution in [3.8, 4) is 17.4 Å². The average molecular weight is 310 g/mol. The molecule has 1 aromatic carbocycles. The minimum Gasteiger partial charge on any atom is -0.490 e. The van der Waals surface area contributed by atoms with Crippen molar-refractivity contribution in [1.82, 2.24) is 20.2 Å². The maximum absolute atomic E-state index is 6.02. The summed E-state index contributed by atoms with van der Waals surface area (Å²) in [4.78, 5) is 8.26. The summed E-state index contributed by atoms with van der Waals surface area (Å²) in [5.74, 6) is 2.09. The zero-order valence-electron chi connectivity index (χ0n) is 12.7. The van der Waals surface area contributed by atoms with Gasteiger partial charge in [-0.25, -0.2) is 9.97 Å². The van der Waals surface area contributed by atoms with Gasteiger partial charge in [-0.3, -0.25) is 5.10 Å². The van der Waals surface area contributed by atoms with Gasteiger partial charge >= 0.3 is 0 Å². The van der Waals surface area contributed by atoms with E-state index >= 15 is 0 Å². The highest BCUT2D eigenvalue weighted by Crippen LogP contribution is 2.28. The number of aromatic nitrogens is 4. The van der Waals surface area contributed by atoms with Gasteiger partial charge in [0.1, 0.15) is 23.2 Å². The van der Waals surface area contributed by atoms with Crippen LogP contribution in [0.1, 0.15) is 32.1 Å². The van der Waals surface area contributed by atoms with Gasteiger partial charge in [0.2, 0.25) is 5.88 Å². The van der Waals surface area contributed by atoms with E-state index in [9.17, 15) is 0 Å².